The van der Waals surface area contributed by atoms with Gasteiger partial charge in [-0.1, -0.05) is 23.9 Å². The molecule has 9 heteroatoms. The average Bonchev–Trinajstić information content (AvgIpc) is 3.22. The lowest BCUT2D eigenvalue weighted by molar-refractivity contribution is -0.132. The number of para-hydroxylation sites is 2. The molecule has 0 spiro atoms. The van der Waals surface area contributed by atoms with E-state index in [-0.39, 0.29) is 17.2 Å². The lowest BCUT2D eigenvalue weighted by Gasteiger charge is -2.26. The molecule has 5 rings (SSSR count). The van der Waals surface area contributed by atoms with E-state index in [1.807, 2.05) is 29.2 Å². The Kier molecular flexibility index (Phi) is 6.21. The number of aryl methyl sites for hydroxylation is 2. The third kappa shape index (κ3) is 3.93. The molecule has 1 aromatic carbocycles. The zero-order chi connectivity index (χ0) is 22.1. The van der Waals surface area contributed by atoms with Crippen molar-refractivity contribution in [3.05, 3.63) is 45.1 Å². The average molecular weight is 472 g/mol. The molecule has 0 radical (unpaired) electrons. The first kappa shape index (κ1) is 21.5. The maximum Gasteiger partial charge on any atom is 0.267 e. The van der Waals surface area contributed by atoms with Crippen LogP contribution in [-0.2, 0) is 22.4 Å². The van der Waals surface area contributed by atoms with Crippen LogP contribution < -0.4 is 10.3 Å². The van der Waals surface area contributed by atoms with E-state index in [1.165, 1.54) is 16.6 Å². The lowest BCUT2D eigenvalue weighted by atomic mass is 9.97. The third-order valence-corrected chi connectivity index (χ3v) is 8.08. The number of carbonyl (C=O) groups is 1. The van der Waals surface area contributed by atoms with Crippen molar-refractivity contribution in [2.75, 3.05) is 39.2 Å². The first-order valence-corrected chi connectivity index (χ1v) is 12.7. The summed E-state index contributed by atoms with van der Waals surface area (Å²) in [5.41, 5.74) is 1.71. The van der Waals surface area contributed by atoms with Gasteiger partial charge in [0.2, 0.25) is 5.91 Å². The highest BCUT2D eigenvalue weighted by molar-refractivity contribution is 7.99. The van der Waals surface area contributed by atoms with E-state index < -0.39 is 0 Å². The predicted octanol–water partition coefficient (Wildman–Crippen LogP) is 3.29. The number of hydrogen-bond acceptors (Lipinski definition) is 7. The Morgan fingerprint density at radius 2 is 2.00 bits per heavy atom. The molecule has 0 unspecified atom stereocenters. The van der Waals surface area contributed by atoms with Gasteiger partial charge in [0.1, 0.15) is 10.6 Å². The van der Waals surface area contributed by atoms with Crippen LogP contribution in [0.5, 0.6) is 5.75 Å². The van der Waals surface area contributed by atoms with Crippen LogP contribution in [0.25, 0.3) is 15.9 Å². The first-order chi connectivity index (χ1) is 15.7. The molecule has 2 aliphatic rings. The number of carbonyl (C=O) groups excluding carboxylic acids is 1. The molecule has 1 aliphatic heterocycles. The number of thiophene rings is 1. The van der Waals surface area contributed by atoms with Gasteiger partial charge in [0, 0.05) is 18.0 Å². The Morgan fingerprint density at radius 1 is 1.22 bits per heavy atom. The van der Waals surface area contributed by atoms with Crippen LogP contribution in [0.2, 0.25) is 0 Å². The fourth-order valence-electron chi connectivity index (χ4n) is 4.34. The van der Waals surface area contributed by atoms with Gasteiger partial charge in [0.25, 0.3) is 5.56 Å². The number of nitrogens with zero attached hydrogens (tertiary/aromatic N) is 3. The molecule has 0 atom stereocenters. The van der Waals surface area contributed by atoms with Crippen LogP contribution in [0.15, 0.2) is 34.2 Å². The largest absolute Gasteiger partial charge is 0.495 e. The van der Waals surface area contributed by atoms with Crippen LogP contribution in [0.3, 0.4) is 0 Å². The van der Waals surface area contributed by atoms with E-state index in [0.717, 1.165) is 41.5 Å². The number of ether oxygens (including phenoxy) is 2. The summed E-state index contributed by atoms with van der Waals surface area (Å²) in [6, 6.07) is 7.45. The van der Waals surface area contributed by atoms with Crippen LogP contribution in [0.1, 0.15) is 23.3 Å². The van der Waals surface area contributed by atoms with Crippen LogP contribution in [0.4, 0.5) is 0 Å². The number of aromatic nitrogens is 2. The second kappa shape index (κ2) is 9.25. The fraction of sp³-hybridized carbons (Fsp3) is 0.435. The molecular weight excluding hydrogens is 446 g/mol. The van der Waals surface area contributed by atoms with E-state index in [9.17, 15) is 9.59 Å². The number of hydrogen-bond donors (Lipinski definition) is 0. The summed E-state index contributed by atoms with van der Waals surface area (Å²) in [4.78, 5) is 35.4. The van der Waals surface area contributed by atoms with Crippen LogP contribution >= 0.6 is 23.1 Å². The zero-order valence-corrected chi connectivity index (χ0v) is 19.6. The van der Waals surface area contributed by atoms with Gasteiger partial charge in [-0.3, -0.25) is 14.2 Å². The summed E-state index contributed by atoms with van der Waals surface area (Å²) in [5.74, 6) is 0.851. The van der Waals surface area contributed by atoms with Gasteiger partial charge >= 0.3 is 0 Å². The number of rotatable bonds is 5. The second-order valence-corrected chi connectivity index (χ2v) is 9.91. The normalized spacial score (nSPS) is 16.2. The quantitative estimate of drug-likeness (QED) is 0.420. The smallest absolute Gasteiger partial charge is 0.267 e. The van der Waals surface area contributed by atoms with Crippen molar-refractivity contribution in [1.29, 1.82) is 0 Å². The summed E-state index contributed by atoms with van der Waals surface area (Å²) >= 11 is 2.93. The number of amides is 1. The molecule has 2 aromatic heterocycles. The molecular formula is C23H25N3O4S2. The minimum atomic E-state index is -0.0831. The minimum absolute atomic E-state index is 0.0321. The van der Waals surface area contributed by atoms with Gasteiger partial charge in [-0.2, -0.15) is 0 Å². The molecule has 168 valence electrons. The maximum atomic E-state index is 13.8. The van der Waals surface area contributed by atoms with E-state index in [4.69, 9.17) is 14.5 Å². The van der Waals surface area contributed by atoms with Crippen molar-refractivity contribution < 1.29 is 14.3 Å². The Balaban J connectivity index is 1.60. The van der Waals surface area contributed by atoms with Crippen LogP contribution in [-0.4, -0.2) is 59.5 Å². The highest BCUT2D eigenvalue weighted by Crippen LogP contribution is 2.36. The molecule has 3 aromatic rings. The Morgan fingerprint density at radius 3 is 2.81 bits per heavy atom. The van der Waals surface area contributed by atoms with Crippen molar-refractivity contribution >= 4 is 39.2 Å². The lowest BCUT2D eigenvalue weighted by Crippen LogP contribution is -2.41. The van der Waals surface area contributed by atoms with Gasteiger partial charge in [0.05, 0.1) is 37.2 Å². The Bertz CT molecular complexity index is 1210. The highest BCUT2D eigenvalue weighted by Gasteiger charge is 2.25. The third-order valence-electron chi connectivity index (χ3n) is 5.97. The number of thioether (sulfide) groups is 1. The molecule has 1 fully saturated rings. The topological polar surface area (TPSA) is 73.7 Å². The van der Waals surface area contributed by atoms with Crippen molar-refractivity contribution in [2.24, 2.45) is 0 Å². The Hall–Kier alpha value is -2.36. The second-order valence-electron chi connectivity index (χ2n) is 7.88. The van der Waals surface area contributed by atoms with Gasteiger partial charge in [0.15, 0.2) is 5.16 Å². The van der Waals surface area contributed by atoms with E-state index in [2.05, 4.69) is 0 Å². The number of methoxy groups -OCH3 is 1. The van der Waals surface area contributed by atoms with Crippen LogP contribution in [0, 0.1) is 0 Å². The first-order valence-electron chi connectivity index (χ1n) is 10.9. The molecule has 1 saturated heterocycles. The molecule has 0 N–H and O–H groups in total. The van der Waals surface area contributed by atoms with Gasteiger partial charge in [-0.05, 0) is 43.4 Å². The van der Waals surface area contributed by atoms with Crippen molar-refractivity contribution in [1.82, 2.24) is 14.5 Å². The summed E-state index contributed by atoms with van der Waals surface area (Å²) in [5, 5.41) is 1.24. The van der Waals surface area contributed by atoms with E-state index >= 15 is 0 Å². The summed E-state index contributed by atoms with van der Waals surface area (Å²) < 4.78 is 12.5. The van der Waals surface area contributed by atoms with Crippen molar-refractivity contribution in [2.45, 2.75) is 30.8 Å². The standard InChI is InChI=1S/C23H25N3O4S2/c1-29-17-8-4-3-7-16(17)26-22(28)20-15-6-2-5-9-18(15)32-21(20)24-23(26)31-14-19(27)25-10-12-30-13-11-25/h3-4,7-8H,2,5-6,9-14H2,1H3. The number of fused-ring (bicyclic) bond motifs is 3. The minimum Gasteiger partial charge on any atom is -0.495 e. The van der Waals surface area contributed by atoms with Gasteiger partial charge < -0.3 is 14.4 Å². The fourth-order valence-corrected chi connectivity index (χ4v) is 6.55. The van der Waals surface area contributed by atoms with Crippen molar-refractivity contribution in [3.63, 3.8) is 0 Å². The highest BCUT2D eigenvalue weighted by atomic mass is 32.2. The number of benzene rings is 1. The SMILES string of the molecule is COc1ccccc1-n1c(SCC(=O)N2CCOCC2)nc2sc3c(c2c1=O)CCCC3. The van der Waals surface area contributed by atoms with Gasteiger partial charge in [-0.15, -0.1) is 11.3 Å². The van der Waals surface area contributed by atoms with Crippen molar-refractivity contribution in [3.8, 4) is 11.4 Å². The summed E-state index contributed by atoms with van der Waals surface area (Å²) in [6.45, 7) is 2.33. The summed E-state index contributed by atoms with van der Waals surface area (Å²) in [7, 11) is 1.59. The molecule has 32 heavy (non-hydrogen) atoms. The summed E-state index contributed by atoms with van der Waals surface area (Å²) in [6.07, 6.45) is 4.16. The number of morpholine rings is 1. The Labute approximate surface area is 194 Å². The molecule has 7 nitrogen and oxygen atoms in total. The van der Waals surface area contributed by atoms with E-state index in [1.54, 1.807) is 23.0 Å². The molecule has 0 saturated carbocycles. The molecule has 3 heterocycles. The molecule has 0 bridgehead atoms. The predicted molar refractivity (Wildman–Crippen MR) is 127 cm³/mol. The monoisotopic (exact) mass is 471 g/mol. The zero-order valence-electron chi connectivity index (χ0n) is 18.0. The molecule has 1 aliphatic carbocycles. The maximum absolute atomic E-state index is 13.8. The molecule has 1 amide bonds. The van der Waals surface area contributed by atoms with E-state index in [0.29, 0.717) is 42.9 Å². The van der Waals surface area contributed by atoms with Gasteiger partial charge in [-0.25, -0.2) is 4.98 Å².